The van der Waals surface area contributed by atoms with Crippen LogP contribution in [-0.2, 0) is 0 Å². The summed E-state index contributed by atoms with van der Waals surface area (Å²) in [4.78, 5) is 11.5. The van der Waals surface area contributed by atoms with Crippen LogP contribution in [0, 0.1) is 13.8 Å². The number of hydrogen-bond acceptors (Lipinski definition) is 3. The van der Waals surface area contributed by atoms with Gasteiger partial charge in [0.15, 0.2) is 0 Å². The van der Waals surface area contributed by atoms with Crippen molar-refractivity contribution in [2.75, 3.05) is 0 Å². The first-order chi connectivity index (χ1) is 7.41. The van der Waals surface area contributed by atoms with Gasteiger partial charge >= 0.3 is 6.03 Å². The molecule has 0 radical (unpaired) electrons. The van der Waals surface area contributed by atoms with Gasteiger partial charge in [0.1, 0.15) is 5.76 Å². The molecule has 0 aromatic carbocycles. The smallest absolute Gasteiger partial charge is 0.315 e. The molecule has 0 fully saturated rings. The van der Waals surface area contributed by atoms with Gasteiger partial charge in [-0.25, -0.2) is 4.79 Å². The van der Waals surface area contributed by atoms with E-state index in [0.717, 1.165) is 17.0 Å². The minimum absolute atomic E-state index is 0.106. The number of carbonyl (C=O) groups excluding carboxylic acids is 1. The summed E-state index contributed by atoms with van der Waals surface area (Å²) in [5, 5.41) is 9.48. The zero-order valence-electron chi connectivity index (χ0n) is 10.4. The third kappa shape index (κ3) is 2.98. The standard InChI is InChI=1S/C11H19N3O2/c1-6(2)12-11(15)13-7(3)10-8(4)14-16-9(10)5/h6-7H,1-5H3,(H2,12,13,15). The highest BCUT2D eigenvalue weighted by molar-refractivity contribution is 5.74. The van der Waals surface area contributed by atoms with Crippen LogP contribution in [0.2, 0.25) is 0 Å². The Balaban J connectivity index is 2.66. The van der Waals surface area contributed by atoms with Crippen LogP contribution in [0.5, 0.6) is 0 Å². The van der Waals surface area contributed by atoms with Crippen molar-refractivity contribution in [1.29, 1.82) is 0 Å². The Morgan fingerprint density at radius 2 is 1.88 bits per heavy atom. The zero-order valence-corrected chi connectivity index (χ0v) is 10.4. The number of rotatable bonds is 3. The lowest BCUT2D eigenvalue weighted by molar-refractivity contribution is 0.235. The van der Waals surface area contributed by atoms with Gasteiger partial charge in [0.05, 0.1) is 11.7 Å². The fraction of sp³-hybridized carbons (Fsp3) is 0.636. The van der Waals surface area contributed by atoms with Crippen LogP contribution in [0.15, 0.2) is 4.52 Å². The molecule has 0 aliphatic heterocycles. The number of aryl methyl sites for hydroxylation is 2. The third-order valence-electron chi connectivity index (χ3n) is 2.29. The van der Waals surface area contributed by atoms with E-state index in [2.05, 4.69) is 15.8 Å². The average molecular weight is 225 g/mol. The minimum Gasteiger partial charge on any atom is -0.361 e. The molecular weight excluding hydrogens is 206 g/mol. The van der Waals surface area contributed by atoms with Gasteiger partial charge in [-0.2, -0.15) is 0 Å². The maximum atomic E-state index is 11.5. The van der Waals surface area contributed by atoms with E-state index in [1.165, 1.54) is 0 Å². The third-order valence-corrected chi connectivity index (χ3v) is 2.29. The average Bonchev–Trinajstić information content (AvgIpc) is 2.44. The SMILES string of the molecule is Cc1noc(C)c1C(C)NC(=O)NC(C)C. The molecule has 0 saturated carbocycles. The molecule has 0 aliphatic rings. The molecular formula is C11H19N3O2. The van der Waals surface area contributed by atoms with E-state index >= 15 is 0 Å². The number of urea groups is 1. The fourth-order valence-electron chi connectivity index (χ4n) is 1.68. The Kier molecular flexibility index (Phi) is 3.93. The monoisotopic (exact) mass is 225 g/mol. The maximum absolute atomic E-state index is 11.5. The van der Waals surface area contributed by atoms with Crippen LogP contribution in [-0.4, -0.2) is 17.2 Å². The van der Waals surface area contributed by atoms with Crippen LogP contribution in [0.3, 0.4) is 0 Å². The number of hydrogen-bond donors (Lipinski definition) is 2. The van der Waals surface area contributed by atoms with Gasteiger partial charge in [0.2, 0.25) is 0 Å². The van der Waals surface area contributed by atoms with E-state index in [-0.39, 0.29) is 18.1 Å². The highest BCUT2D eigenvalue weighted by atomic mass is 16.5. The summed E-state index contributed by atoms with van der Waals surface area (Å²) in [7, 11) is 0. The van der Waals surface area contributed by atoms with Crippen molar-refractivity contribution in [3.63, 3.8) is 0 Å². The number of nitrogens with one attached hydrogen (secondary N) is 2. The van der Waals surface area contributed by atoms with Crippen molar-refractivity contribution in [2.45, 2.75) is 46.7 Å². The molecule has 1 atom stereocenters. The van der Waals surface area contributed by atoms with Crippen LogP contribution >= 0.6 is 0 Å². The summed E-state index contributed by atoms with van der Waals surface area (Å²) in [5.74, 6) is 0.745. The molecule has 0 saturated heterocycles. The highest BCUT2D eigenvalue weighted by Gasteiger charge is 2.18. The Bertz CT molecular complexity index is 352. The lowest BCUT2D eigenvalue weighted by Crippen LogP contribution is -2.40. The molecule has 2 amide bonds. The number of aromatic nitrogens is 1. The summed E-state index contributed by atoms with van der Waals surface area (Å²) >= 11 is 0. The van der Waals surface area contributed by atoms with Gasteiger partial charge < -0.3 is 15.2 Å². The first kappa shape index (κ1) is 12.5. The fourth-order valence-corrected chi connectivity index (χ4v) is 1.68. The van der Waals surface area contributed by atoms with Gasteiger partial charge in [0, 0.05) is 11.6 Å². The maximum Gasteiger partial charge on any atom is 0.315 e. The predicted molar refractivity (Wildman–Crippen MR) is 61.2 cm³/mol. The van der Waals surface area contributed by atoms with Gasteiger partial charge in [-0.15, -0.1) is 0 Å². The van der Waals surface area contributed by atoms with Gasteiger partial charge in [-0.05, 0) is 34.6 Å². The molecule has 1 unspecified atom stereocenters. The number of amides is 2. The summed E-state index contributed by atoms with van der Waals surface area (Å²) in [5.41, 5.74) is 1.76. The first-order valence-electron chi connectivity index (χ1n) is 5.41. The Morgan fingerprint density at radius 3 is 2.31 bits per heavy atom. The molecule has 16 heavy (non-hydrogen) atoms. The van der Waals surface area contributed by atoms with Crippen molar-refractivity contribution >= 4 is 6.03 Å². The summed E-state index contributed by atoms with van der Waals surface area (Å²) in [6.07, 6.45) is 0. The molecule has 0 spiro atoms. The molecule has 0 aliphatic carbocycles. The molecule has 5 heteroatoms. The molecule has 2 N–H and O–H groups in total. The second-order valence-corrected chi connectivity index (χ2v) is 4.23. The molecule has 5 nitrogen and oxygen atoms in total. The molecule has 1 aromatic rings. The summed E-state index contributed by atoms with van der Waals surface area (Å²) < 4.78 is 5.06. The molecule has 0 bridgehead atoms. The van der Waals surface area contributed by atoms with Crippen LogP contribution < -0.4 is 10.6 Å². The second-order valence-electron chi connectivity index (χ2n) is 4.23. The van der Waals surface area contributed by atoms with Gasteiger partial charge in [-0.3, -0.25) is 0 Å². The van der Waals surface area contributed by atoms with Crippen LogP contribution in [0.1, 0.15) is 43.8 Å². The molecule has 90 valence electrons. The Labute approximate surface area is 95.6 Å². The Hall–Kier alpha value is -1.52. The second kappa shape index (κ2) is 5.01. The Morgan fingerprint density at radius 1 is 1.25 bits per heavy atom. The van der Waals surface area contributed by atoms with Crippen molar-refractivity contribution in [3.05, 3.63) is 17.0 Å². The summed E-state index contributed by atoms with van der Waals surface area (Å²) in [6.45, 7) is 9.45. The lowest BCUT2D eigenvalue weighted by Gasteiger charge is -2.15. The zero-order chi connectivity index (χ0) is 12.3. The van der Waals surface area contributed by atoms with E-state index in [1.807, 2.05) is 34.6 Å². The number of nitrogens with zero attached hydrogens (tertiary/aromatic N) is 1. The van der Waals surface area contributed by atoms with E-state index in [9.17, 15) is 4.79 Å². The summed E-state index contributed by atoms with van der Waals surface area (Å²) in [6, 6.07) is -0.163. The largest absolute Gasteiger partial charge is 0.361 e. The van der Waals surface area contributed by atoms with Gasteiger partial charge in [0.25, 0.3) is 0 Å². The van der Waals surface area contributed by atoms with E-state index < -0.39 is 0 Å². The van der Waals surface area contributed by atoms with Crippen molar-refractivity contribution < 1.29 is 9.32 Å². The molecule has 1 heterocycles. The molecule has 1 aromatic heterocycles. The van der Waals surface area contributed by atoms with E-state index in [4.69, 9.17) is 4.52 Å². The van der Waals surface area contributed by atoms with E-state index in [0.29, 0.717) is 0 Å². The van der Waals surface area contributed by atoms with Crippen LogP contribution in [0.25, 0.3) is 0 Å². The number of carbonyl (C=O) groups is 1. The highest BCUT2D eigenvalue weighted by Crippen LogP contribution is 2.20. The van der Waals surface area contributed by atoms with Crippen molar-refractivity contribution in [1.82, 2.24) is 15.8 Å². The van der Waals surface area contributed by atoms with Crippen molar-refractivity contribution in [2.24, 2.45) is 0 Å². The predicted octanol–water partition coefficient (Wildman–Crippen LogP) is 2.06. The normalized spacial score (nSPS) is 12.6. The molecule has 1 rings (SSSR count). The van der Waals surface area contributed by atoms with Crippen LogP contribution in [0.4, 0.5) is 4.79 Å². The van der Waals surface area contributed by atoms with Gasteiger partial charge in [-0.1, -0.05) is 5.16 Å². The topological polar surface area (TPSA) is 67.2 Å². The minimum atomic E-state index is -0.178. The quantitative estimate of drug-likeness (QED) is 0.827. The first-order valence-corrected chi connectivity index (χ1v) is 5.41. The lowest BCUT2D eigenvalue weighted by atomic mass is 10.1. The van der Waals surface area contributed by atoms with E-state index in [1.54, 1.807) is 0 Å². The van der Waals surface area contributed by atoms with Crippen molar-refractivity contribution in [3.8, 4) is 0 Å².